The van der Waals surface area contributed by atoms with E-state index in [4.69, 9.17) is 0 Å². The van der Waals surface area contributed by atoms with Crippen LogP contribution in [0.2, 0.25) is 0 Å². The average molecular weight is 431 g/mol. The predicted molar refractivity (Wildman–Crippen MR) is 117 cm³/mol. The van der Waals surface area contributed by atoms with Crippen molar-refractivity contribution in [3.05, 3.63) is 87.2 Å². The minimum Gasteiger partial charge on any atom is -0.321 e. The highest BCUT2D eigenvalue weighted by atomic mass is 32.2. The van der Waals surface area contributed by atoms with Crippen LogP contribution in [0.25, 0.3) is 6.08 Å². The Kier molecular flexibility index (Phi) is 6.74. The number of benzene rings is 2. The summed E-state index contributed by atoms with van der Waals surface area (Å²) in [6.45, 7) is 3.65. The molecule has 0 saturated heterocycles. The van der Waals surface area contributed by atoms with E-state index in [0.717, 1.165) is 23.1 Å². The molecular formula is C22H17N5O3S. The molecular weight excluding hydrogens is 414 g/mol. The normalized spacial score (nSPS) is 10.9. The number of aryl methyl sites for hydroxylation is 2. The molecule has 0 aliphatic heterocycles. The predicted octanol–water partition coefficient (Wildman–Crippen LogP) is 4.70. The lowest BCUT2D eigenvalue weighted by Crippen LogP contribution is -2.13. The number of aromatic nitrogens is 2. The molecule has 154 valence electrons. The molecule has 0 spiro atoms. The fourth-order valence-electron chi connectivity index (χ4n) is 2.73. The molecule has 1 amide bonds. The molecule has 0 bridgehead atoms. The number of carbonyl (C=O) groups is 1. The fraction of sp³-hybridized carbons (Fsp3) is 0.0909. The van der Waals surface area contributed by atoms with Gasteiger partial charge in [0.2, 0.25) is 0 Å². The number of para-hydroxylation sites is 1. The van der Waals surface area contributed by atoms with Gasteiger partial charge in [0.25, 0.3) is 11.6 Å². The maximum absolute atomic E-state index is 12.4. The fourth-order valence-corrected chi connectivity index (χ4v) is 3.68. The summed E-state index contributed by atoms with van der Waals surface area (Å²) in [5.41, 5.74) is 2.09. The SMILES string of the molecule is Cc1cc(C)nc(Sc2ccc(/C=C(\C#N)C(=O)Nc3ccccc3)cc2[N+](=O)[O-])n1. The maximum atomic E-state index is 12.4. The van der Waals surface area contributed by atoms with E-state index in [0.29, 0.717) is 21.3 Å². The number of anilines is 1. The first kappa shape index (κ1) is 21.7. The Morgan fingerprint density at radius 2 is 1.81 bits per heavy atom. The van der Waals surface area contributed by atoms with Crippen molar-refractivity contribution in [2.24, 2.45) is 0 Å². The second-order valence-electron chi connectivity index (χ2n) is 6.51. The van der Waals surface area contributed by atoms with Gasteiger partial charge in [-0.25, -0.2) is 9.97 Å². The van der Waals surface area contributed by atoms with Gasteiger partial charge in [-0.05, 0) is 61.5 Å². The molecule has 0 atom stereocenters. The smallest absolute Gasteiger partial charge is 0.283 e. The van der Waals surface area contributed by atoms with E-state index in [1.807, 2.05) is 26.0 Å². The summed E-state index contributed by atoms with van der Waals surface area (Å²) in [7, 11) is 0. The third-order valence-corrected chi connectivity index (χ3v) is 4.98. The molecule has 31 heavy (non-hydrogen) atoms. The summed E-state index contributed by atoms with van der Waals surface area (Å²) >= 11 is 1.08. The minimum absolute atomic E-state index is 0.165. The first-order chi connectivity index (χ1) is 14.9. The van der Waals surface area contributed by atoms with Gasteiger partial charge in [-0.3, -0.25) is 14.9 Å². The van der Waals surface area contributed by atoms with Crippen molar-refractivity contribution in [2.45, 2.75) is 23.9 Å². The van der Waals surface area contributed by atoms with Crippen LogP contribution in [0.5, 0.6) is 0 Å². The Hall–Kier alpha value is -4.03. The largest absolute Gasteiger partial charge is 0.321 e. The summed E-state index contributed by atoms with van der Waals surface area (Å²) in [5.74, 6) is -0.599. The van der Waals surface area contributed by atoms with Crippen LogP contribution in [0.15, 0.2) is 70.2 Å². The number of nitro benzene ring substituents is 1. The summed E-state index contributed by atoms with van der Waals surface area (Å²) in [4.78, 5) is 32.4. The highest BCUT2D eigenvalue weighted by Crippen LogP contribution is 2.34. The Morgan fingerprint density at radius 3 is 2.42 bits per heavy atom. The molecule has 8 nitrogen and oxygen atoms in total. The van der Waals surface area contributed by atoms with Gasteiger partial charge in [-0.2, -0.15) is 5.26 Å². The van der Waals surface area contributed by atoms with Gasteiger partial charge in [0, 0.05) is 23.1 Å². The number of hydrogen-bond acceptors (Lipinski definition) is 7. The molecule has 0 saturated carbocycles. The molecule has 0 unspecified atom stereocenters. The maximum Gasteiger partial charge on any atom is 0.283 e. The van der Waals surface area contributed by atoms with E-state index in [1.165, 1.54) is 12.1 Å². The molecule has 0 aliphatic rings. The lowest BCUT2D eigenvalue weighted by atomic mass is 10.1. The Bertz CT molecular complexity index is 1200. The topological polar surface area (TPSA) is 122 Å². The minimum atomic E-state index is -0.599. The van der Waals surface area contributed by atoms with Crippen LogP contribution in [0.3, 0.4) is 0 Å². The standard InChI is InChI=1S/C22H17N5O3S/c1-14-10-15(2)25-22(24-14)31-20-9-8-16(12-19(20)27(29)30)11-17(13-23)21(28)26-18-6-4-3-5-7-18/h3-12H,1-2H3,(H,26,28)/b17-11+. The van der Waals surface area contributed by atoms with Gasteiger partial charge in [0.1, 0.15) is 11.6 Å². The first-order valence-electron chi connectivity index (χ1n) is 9.12. The van der Waals surface area contributed by atoms with Crippen molar-refractivity contribution in [3.8, 4) is 6.07 Å². The zero-order valence-electron chi connectivity index (χ0n) is 16.7. The van der Waals surface area contributed by atoms with E-state index in [9.17, 15) is 20.2 Å². The molecule has 1 N–H and O–H groups in total. The lowest BCUT2D eigenvalue weighted by Gasteiger charge is -2.06. The van der Waals surface area contributed by atoms with Crippen molar-refractivity contribution < 1.29 is 9.72 Å². The number of hydrogen-bond donors (Lipinski definition) is 1. The van der Waals surface area contributed by atoms with Crippen LogP contribution in [0.1, 0.15) is 17.0 Å². The summed E-state index contributed by atoms with van der Waals surface area (Å²) in [6.07, 6.45) is 1.31. The third kappa shape index (κ3) is 5.74. The van der Waals surface area contributed by atoms with Gasteiger partial charge in [-0.1, -0.05) is 24.3 Å². The van der Waals surface area contributed by atoms with Gasteiger partial charge in [0.15, 0.2) is 5.16 Å². The number of amides is 1. The molecule has 9 heteroatoms. The van der Waals surface area contributed by atoms with Gasteiger partial charge in [-0.15, -0.1) is 0 Å². The van der Waals surface area contributed by atoms with Crippen molar-refractivity contribution >= 4 is 35.1 Å². The summed E-state index contributed by atoms with van der Waals surface area (Å²) in [6, 6.07) is 16.8. The van der Waals surface area contributed by atoms with Crippen LogP contribution in [0.4, 0.5) is 11.4 Å². The molecule has 1 heterocycles. The van der Waals surface area contributed by atoms with Crippen LogP contribution in [-0.4, -0.2) is 20.8 Å². The van der Waals surface area contributed by atoms with Crippen molar-refractivity contribution in [1.29, 1.82) is 5.26 Å². The second kappa shape index (κ2) is 9.65. The van der Waals surface area contributed by atoms with Crippen LogP contribution < -0.4 is 5.32 Å². The van der Waals surface area contributed by atoms with Gasteiger partial charge < -0.3 is 5.32 Å². The van der Waals surface area contributed by atoms with E-state index in [-0.39, 0.29) is 11.3 Å². The van der Waals surface area contributed by atoms with Gasteiger partial charge >= 0.3 is 0 Å². The number of rotatable bonds is 6. The Balaban J connectivity index is 1.89. The molecule has 0 fully saturated rings. The van der Waals surface area contributed by atoms with E-state index in [1.54, 1.807) is 42.5 Å². The molecule has 1 aromatic heterocycles. The lowest BCUT2D eigenvalue weighted by molar-refractivity contribution is -0.387. The molecule has 0 aliphatic carbocycles. The van der Waals surface area contributed by atoms with Crippen molar-refractivity contribution in [2.75, 3.05) is 5.32 Å². The first-order valence-corrected chi connectivity index (χ1v) is 9.94. The van der Waals surface area contributed by atoms with Crippen LogP contribution in [0, 0.1) is 35.3 Å². The number of carbonyl (C=O) groups excluding carboxylic acids is 1. The number of nitrogens with zero attached hydrogens (tertiary/aromatic N) is 4. The van der Waals surface area contributed by atoms with E-state index >= 15 is 0 Å². The zero-order chi connectivity index (χ0) is 22.4. The third-order valence-electron chi connectivity index (χ3n) is 4.05. The molecule has 2 aromatic carbocycles. The highest BCUT2D eigenvalue weighted by Gasteiger charge is 2.18. The molecule has 3 rings (SSSR count). The Labute approximate surface area is 182 Å². The average Bonchev–Trinajstić information content (AvgIpc) is 2.72. The van der Waals surface area contributed by atoms with E-state index < -0.39 is 10.8 Å². The molecule has 0 radical (unpaired) electrons. The second-order valence-corrected chi connectivity index (χ2v) is 7.52. The van der Waals surface area contributed by atoms with Crippen molar-refractivity contribution in [1.82, 2.24) is 9.97 Å². The monoisotopic (exact) mass is 431 g/mol. The highest BCUT2D eigenvalue weighted by molar-refractivity contribution is 7.99. The quantitative estimate of drug-likeness (QED) is 0.197. The summed E-state index contributed by atoms with van der Waals surface area (Å²) < 4.78 is 0. The summed E-state index contributed by atoms with van der Waals surface area (Å²) in [5, 5.41) is 24.0. The number of nitriles is 1. The van der Waals surface area contributed by atoms with Crippen LogP contribution >= 0.6 is 11.8 Å². The zero-order valence-corrected chi connectivity index (χ0v) is 17.5. The van der Waals surface area contributed by atoms with E-state index in [2.05, 4.69) is 15.3 Å². The van der Waals surface area contributed by atoms with Gasteiger partial charge in [0.05, 0.1) is 9.82 Å². The Morgan fingerprint density at radius 1 is 1.13 bits per heavy atom. The van der Waals surface area contributed by atoms with Crippen LogP contribution in [-0.2, 0) is 4.79 Å². The number of nitro groups is 1. The number of nitrogens with one attached hydrogen (secondary N) is 1. The van der Waals surface area contributed by atoms with Crippen molar-refractivity contribution in [3.63, 3.8) is 0 Å². The molecule has 3 aromatic rings.